The number of carbonyl (C=O) groups is 1. The SMILES string of the molecule is CC1COc2ccccc2C1(NCCCN=[N+]=[N-])C(N)=O. The molecular formula is C14H19N5O2. The lowest BCUT2D eigenvalue weighted by Crippen LogP contribution is -2.60. The van der Waals surface area contributed by atoms with Crippen molar-refractivity contribution in [1.29, 1.82) is 0 Å². The summed E-state index contributed by atoms with van der Waals surface area (Å²) in [5.74, 6) is 0.163. The summed E-state index contributed by atoms with van der Waals surface area (Å²) in [6.07, 6.45) is 0.634. The minimum atomic E-state index is -0.953. The number of azide groups is 1. The monoisotopic (exact) mass is 289 g/mol. The molecule has 0 spiro atoms. The molecule has 2 rings (SSSR count). The lowest BCUT2D eigenvalue weighted by atomic mass is 9.76. The third kappa shape index (κ3) is 2.79. The molecular weight excluding hydrogens is 270 g/mol. The summed E-state index contributed by atoms with van der Waals surface area (Å²) in [6.45, 7) is 3.26. The van der Waals surface area contributed by atoms with Crippen LogP contribution in [0.1, 0.15) is 18.9 Å². The fourth-order valence-electron chi connectivity index (χ4n) is 2.74. The highest BCUT2D eigenvalue weighted by Crippen LogP contribution is 2.40. The zero-order valence-corrected chi connectivity index (χ0v) is 12.0. The lowest BCUT2D eigenvalue weighted by molar-refractivity contribution is -0.128. The summed E-state index contributed by atoms with van der Waals surface area (Å²) in [4.78, 5) is 14.9. The molecule has 1 amide bonds. The number of ether oxygens (including phenoxy) is 1. The van der Waals surface area contributed by atoms with Crippen molar-refractivity contribution in [2.45, 2.75) is 18.9 Å². The Labute approximate surface area is 123 Å². The van der Waals surface area contributed by atoms with Crippen LogP contribution in [0.5, 0.6) is 5.75 Å². The number of benzene rings is 1. The van der Waals surface area contributed by atoms with Crippen molar-refractivity contribution >= 4 is 5.91 Å². The van der Waals surface area contributed by atoms with E-state index in [2.05, 4.69) is 15.3 Å². The largest absolute Gasteiger partial charge is 0.493 e. The Morgan fingerprint density at radius 1 is 1.62 bits per heavy atom. The molecule has 21 heavy (non-hydrogen) atoms. The highest BCUT2D eigenvalue weighted by Gasteiger charge is 2.47. The summed E-state index contributed by atoms with van der Waals surface area (Å²) in [5.41, 5.74) is 13.8. The quantitative estimate of drug-likeness (QED) is 0.359. The predicted molar refractivity (Wildman–Crippen MR) is 78.6 cm³/mol. The molecule has 3 N–H and O–H groups in total. The standard InChI is InChI=1S/C14H19N5O2/c1-10-9-21-12-6-3-2-5-11(12)14(10,13(15)20)17-7-4-8-18-19-16/h2-3,5-6,10,17H,4,7-9H2,1H3,(H2,15,20). The first-order valence-electron chi connectivity index (χ1n) is 6.91. The summed E-state index contributed by atoms with van der Waals surface area (Å²) in [5, 5.41) is 6.75. The van der Waals surface area contributed by atoms with Crippen molar-refractivity contribution in [3.63, 3.8) is 0 Å². The molecule has 0 bridgehead atoms. The minimum absolute atomic E-state index is 0.0932. The van der Waals surface area contributed by atoms with Crippen molar-refractivity contribution in [3.8, 4) is 5.75 Å². The van der Waals surface area contributed by atoms with Gasteiger partial charge in [-0.25, -0.2) is 0 Å². The van der Waals surface area contributed by atoms with Crippen LogP contribution in [0.3, 0.4) is 0 Å². The lowest BCUT2D eigenvalue weighted by Gasteiger charge is -2.42. The minimum Gasteiger partial charge on any atom is -0.493 e. The van der Waals surface area contributed by atoms with Gasteiger partial charge in [0.05, 0.1) is 6.61 Å². The van der Waals surface area contributed by atoms with Gasteiger partial charge in [0, 0.05) is 22.9 Å². The molecule has 1 aliphatic rings. The van der Waals surface area contributed by atoms with Gasteiger partial charge in [0.2, 0.25) is 5.91 Å². The second kappa shape index (κ2) is 6.47. The van der Waals surface area contributed by atoms with E-state index in [0.717, 1.165) is 5.56 Å². The Hall–Kier alpha value is -2.24. The van der Waals surface area contributed by atoms with Gasteiger partial charge in [0.25, 0.3) is 0 Å². The molecule has 2 unspecified atom stereocenters. The number of fused-ring (bicyclic) bond motifs is 1. The topological polar surface area (TPSA) is 113 Å². The van der Waals surface area contributed by atoms with Gasteiger partial charge in [-0.05, 0) is 24.6 Å². The van der Waals surface area contributed by atoms with E-state index in [0.29, 0.717) is 31.9 Å². The number of hydrogen-bond donors (Lipinski definition) is 2. The summed E-state index contributed by atoms with van der Waals surface area (Å²) in [7, 11) is 0. The number of amides is 1. The maximum atomic E-state index is 12.2. The van der Waals surface area contributed by atoms with Gasteiger partial charge in [0.1, 0.15) is 11.3 Å². The molecule has 0 aromatic heterocycles. The second-order valence-corrected chi connectivity index (χ2v) is 5.12. The number of para-hydroxylation sites is 1. The number of primary amides is 1. The molecule has 7 heteroatoms. The highest BCUT2D eigenvalue weighted by atomic mass is 16.5. The van der Waals surface area contributed by atoms with Crippen molar-refractivity contribution in [2.24, 2.45) is 16.8 Å². The molecule has 7 nitrogen and oxygen atoms in total. The third-order valence-electron chi connectivity index (χ3n) is 3.83. The number of nitrogens with one attached hydrogen (secondary N) is 1. The van der Waals surface area contributed by atoms with Crippen LogP contribution in [-0.2, 0) is 10.3 Å². The van der Waals surface area contributed by atoms with Crippen molar-refractivity contribution < 1.29 is 9.53 Å². The molecule has 1 aliphatic heterocycles. The molecule has 1 heterocycles. The zero-order valence-electron chi connectivity index (χ0n) is 12.0. The maximum Gasteiger partial charge on any atom is 0.242 e. The van der Waals surface area contributed by atoms with Crippen LogP contribution in [0.2, 0.25) is 0 Å². The van der Waals surface area contributed by atoms with Crippen LogP contribution in [0.15, 0.2) is 29.4 Å². The van der Waals surface area contributed by atoms with Crippen LogP contribution >= 0.6 is 0 Å². The number of nitrogens with two attached hydrogens (primary N) is 1. The van der Waals surface area contributed by atoms with Gasteiger partial charge in [-0.3, -0.25) is 10.1 Å². The van der Waals surface area contributed by atoms with Gasteiger partial charge < -0.3 is 10.5 Å². The van der Waals surface area contributed by atoms with Crippen molar-refractivity contribution in [2.75, 3.05) is 19.7 Å². The number of nitrogens with zero attached hydrogens (tertiary/aromatic N) is 3. The molecule has 0 aliphatic carbocycles. The van der Waals surface area contributed by atoms with E-state index in [4.69, 9.17) is 16.0 Å². The Balaban J connectivity index is 2.28. The maximum absolute atomic E-state index is 12.2. The highest BCUT2D eigenvalue weighted by molar-refractivity contribution is 5.88. The van der Waals surface area contributed by atoms with E-state index in [1.807, 2.05) is 31.2 Å². The van der Waals surface area contributed by atoms with Gasteiger partial charge in [0.15, 0.2) is 0 Å². The molecule has 0 saturated carbocycles. The molecule has 1 aromatic carbocycles. The van der Waals surface area contributed by atoms with E-state index in [1.165, 1.54) is 0 Å². The van der Waals surface area contributed by atoms with Gasteiger partial charge in [-0.1, -0.05) is 30.2 Å². The zero-order chi connectivity index (χ0) is 15.3. The van der Waals surface area contributed by atoms with Crippen LogP contribution in [0.25, 0.3) is 10.4 Å². The molecule has 0 saturated heterocycles. The van der Waals surface area contributed by atoms with E-state index in [-0.39, 0.29) is 5.92 Å². The normalized spacial score (nSPS) is 23.6. The van der Waals surface area contributed by atoms with Crippen LogP contribution < -0.4 is 15.8 Å². The number of hydrogen-bond acceptors (Lipinski definition) is 4. The van der Waals surface area contributed by atoms with Gasteiger partial charge >= 0.3 is 0 Å². The van der Waals surface area contributed by atoms with E-state index in [9.17, 15) is 4.79 Å². The van der Waals surface area contributed by atoms with Gasteiger partial charge in [-0.2, -0.15) is 0 Å². The van der Waals surface area contributed by atoms with E-state index < -0.39 is 11.4 Å². The Kier molecular flexibility index (Phi) is 4.67. The smallest absolute Gasteiger partial charge is 0.242 e. The first kappa shape index (κ1) is 15.2. The van der Waals surface area contributed by atoms with Crippen molar-refractivity contribution in [1.82, 2.24) is 5.32 Å². The average molecular weight is 289 g/mol. The van der Waals surface area contributed by atoms with Crippen molar-refractivity contribution in [3.05, 3.63) is 40.3 Å². The van der Waals surface area contributed by atoms with Gasteiger partial charge in [-0.15, -0.1) is 0 Å². The Morgan fingerprint density at radius 2 is 2.38 bits per heavy atom. The molecule has 0 fully saturated rings. The van der Waals surface area contributed by atoms with Crippen LogP contribution in [0.4, 0.5) is 0 Å². The molecule has 1 aromatic rings. The summed E-state index contributed by atoms with van der Waals surface area (Å²) < 4.78 is 5.67. The Bertz CT molecular complexity index is 570. The Morgan fingerprint density at radius 3 is 3.10 bits per heavy atom. The second-order valence-electron chi connectivity index (χ2n) is 5.12. The first-order chi connectivity index (χ1) is 10.1. The van der Waals surface area contributed by atoms with Crippen LogP contribution in [-0.4, -0.2) is 25.6 Å². The van der Waals surface area contributed by atoms with E-state index >= 15 is 0 Å². The van der Waals surface area contributed by atoms with E-state index in [1.54, 1.807) is 0 Å². The van der Waals surface area contributed by atoms with Crippen LogP contribution in [0, 0.1) is 5.92 Å². The fraction of sp³-hybridized carbons (Fsp3) is 0.500. The fourth-order valence-corrected chi connectivity index (χ4v) is 2.74. The number of rotatable bonds is 6. The first-order valence-corrected chi connectivity index (χ1v) is 6.91. The predicted octanol–water partition coefficient (Wildman–Crippen LogP) is 1.69. The molecule has 2 atom stereocenters. The summed E-state index contributed by atoms with van der Waals surface area (Å²) in [6, 6.07) is 7.42. The third-order valence-corrected chi connectivity index (χ3v) is 3.83. The summed E-state index contributed by atoms with van der Waals surface area (Å²) >= 11 is 0. The molecule has 0 radical (unpaired) electrons. The molecule has 112 valence electrons. The average Bonchev–Trinajstić information content (AvgIpc) is 2.49. The number of carbonyl (C=O) groups excluding carboxylic acids is 1.